The van der Waals surface area contributed by atoms with Crippen molar-refractivity contribution in [3.05, 3.63) is 63.6 Å². The molecular formula is C20H19Cl2N3O4. The first-order valence-corrected chi connectivity index (χ1v) is 9.65. The molecule has 1 saturated heterocycles. The summed E-state index contributed by atoms with van der Waals surface area (Å²) in [6.45, 7) is 1.41. The average Bonchev–Trinajstić information content (AvgIpc) is 2.71. The van der Waals surface area contributed by atoms with Crippen molar-refractivity contribution >= 4 is 40.9 Å². The smallest absolute Gasteiger partial charge is 0.260 e. The van der Waals surface area contributed by atoms with Gasteiger partial charge in [-0.25, -0.2) is 0 Å². The van der Waals surface area contributed by atoms with E-state index in [1.807, 2.05) is 0 Å². The summed E-state index contributed by atoms with van der Waals surface area (Å²) in [6, 6.07) is 11.0. The van der Waals surface area contributed by atoms with Crippen LogP contribution in [0.4, 0.5) is 0 Å². The quantitative estimate of drug-likeness (QED) is 0.780. The molecular weight excluding hydrogens is 417 g/mol. The molecule has 2 aromatic carbocycles. The van der Waals surface area contributed by atoms with E-state index < -0.39 is 5.91 Å². The summed E-state index contributed by atoms with van der Waals surface area (Å²) in [5, 5.41) is 0.791. The molecule has 0 spiro atoms. The molecule has 0 unspecified atom stereocenters. The lowest BCUT2D eigenvalue weighted by Crippen LogP contribution is -2.51. The number of carbonyl (C=O) groups is 3. The number of piperazine rings is 1. The third-order valence-corrected chi connectivity index (χ3v) is 4.95. The Labute approximate surface area is 177 Å². The first-order valence-electron chi connectivity index (χ1n) is 8.89. The third kappa shape index (κ3) is 5.40. The standard InChI is InChI=1S/C20H19Cl2N3O4/c21-15-8-14(9-16(22)11-15)20(28)25-6-4-24(5-7-25)18(26)12-29-17-3-1-2-13(10-17)19(23)27/h1-3,8-11H,4-7,12H2,(H2,23,27). The molecule has 1 heterocycles. The Kier molecular flexibility index (Phi) is 6.61. The fourth-order valence-electron chi connectivity index (χ4n) is 2.99. The van der Waals surface area contributed by atoms with Crippen LogP contribution in [-0.4, -0.2) is 60.3 Å². The van der Waals surface area contributed by atoms with E-state index in [2.05, 4.69) is 0 Å². The monoisotopic (exact) mass is 435 g/mol. The Balaban J connectivity index is 1.52. The first kappa shape index (κ1) is 21.0. The second-order valence-corrected chi connectivity index (χ2v) is 7.38. The molecule has 1 aliphatic heterocycles. The molecule has 1 fully saturated rings. The van der Waals surface area contributed by atoms with Gasteiger partial charge in [-0.05, 0) is 36.4 Å². The fraction of sp³-hybridized carbons (Fsp3) is 0.250. The number of halogens is 2. The number of primary amides is 1. The highest BCUT2D eigenvalue weighted by molar-refractivity contribution is 6.35. The van der Waals surface area contributed by atoms with Crippen LogP contribution in [-0.2, 0) is 4.79 Å². The Morgan fingerprint density at radius 3 is 2.14 bits per heavy atom. The highest BCUT2D eigenvalue weighted by Gasteiger charge is 2.25. The number of nitrogens with zero attached hydrogens (tertiary/aromatic N) is 2. The van der Waals surface area contributed by atoms with Crippen LogP contribution in [0.15, 0.2) is 42.5 Å². The van der Waals surface area contributed by atoms with Crippen LogP contribution in [0.1, 0.15) is 20.7 Å². The summed E-state index contributed by atoms with van der Waals surface area (Å²) < 4.78 is 5.47. The van der Waals surface area contributed by atoms with E-state index in [4.69, 9.17) is 33.7 Å². The zero-order valence-electron chi connectivity index (χ0n) is 15.4. The molecule has 3 amide bonds. The number of rotatable bonds is 5. The largest absolute Gasteiger partial charge is 0.484 e. The Hall–Kier alpha value is -2.77. The lowest BCUT2D eigenvalue weighted by atomic mass is 10.2. The van der Waals surface area contributed by atoms with Crippen molar-refractivity contribution < 1.29 is 19.1 Å². The van der Waals surface area contributed by atoms with Crippen molar-refractivity contribution in [1.82, 2.24) is 9.80 Å². The highest BCUT2D eigenvalue weighted by atomic mass is 35.5. The molecule has 2 N–H and O–H groups in total. The number of hydrogen-bond acceptors (Lipinski definition) is 4. The summed E-state index contributed by atoms with van der Waals surface area (Å²) in [5.41, 5.74) is 5.96. The van der Waals surface area contributed by atoms with Gasteiger partial charge in [0.2, 0.25) is 5.91 Å². The lowest BCUT2D eigenvalue weighted by Gasteiger charge is -2.34. The maximum atomic E-state index is 12.6. The number of amides is 3. The molecule has 29 heavy (non-hydrogen) atoms. The van der Waals surface area contributed by atoms with Crippen molar-refractivity contribution in [3.63, 3.8) is 0 Å². The Bertz CT molecular complexity index is 923. The van der Waals surface area contributed by atoms with Gasteiger partial charge in [0, 0.05) is 47.4 Å². The Morgan fingerprint density at radius 2 is 1.52 bits per heavy atom. The van der Waals surface area contributed by atoms with Gasteiger partial charge in [0.05, 0.1) is 0 Å². The third-order valence-electron chi connectivity index (χ3n) is 4.51. The molecule has 2 aromatic rings. The molecule has 152 valence electrons. The van der Waals surface area contributed by atoms with Crippen LogP contribution < -0.4 is 10.5 Å². The highest BCUT2D eigenvalue weighted by Crippen LogP contribution is 2.21. The number of carbonyl (C=O) groups excluding carboxylic acids is 3. The van der Waals surface area contributed by atoms with Gasteiger partial charge in [-0.3, -0.25) is 14.4 Å². The molecule has 1 aliphatic rings. The second kappa shape index (κ2) is 9.15. The van der Waals surface area contributed by atoms with Gasteiger partial charge in [-0.1, -0.05) is 29.3 Å². The molecule has 0 aliphatic carbocycles. The van der Waals surface area contributed by atoms with E-state index in [0.717, 1.165) is 0 Å². The predicted molar refractivity (Wildman–Crippen MR) is 109 cm³/mol. The van der Waals surface area contributed by atoms with Gasteiger partial charge < -0.3 is 20.3 Å². The predicted octanol–water partition coefficient (Wildman–Crippen LogP) is 2.46. The van der Waals surface area contributed by atoms with Crippen LogP contribution in [0.2, 0.25) is 10.0 Å². The number of nitrogens with two attached hydrogens (primary N) is 1. The van der Waals surface area contributed by atoms with E-state index >= 15 is 0 Å². The minimum Gasteiger partial charge on any atom is -0.484 e. The van der Waals surface area contributed by atoms with Gasteiger partial charge in [-0.2, -0.15) is 0 Å². The molecule has 0 bridgehead atoms. The van der Waals surface area contributed by atoms with Crippen LogP contribution in [0.5, 0.6) is 5.75 Å². The molecule has 7 nitrogen and oxygen atoms in total. The summed E-state index contributed by atoms with van der Waals surface area (Å²) >= 11 is 11.9. The van der Waals surface area contributed by atoms with Gasteiger partial charge in [0.15, 0.2) is 6.61 Å². The second-order valence-electron chi connectivity index (χ2n) is 6.51. The van der Waals surface area contributed by atoms with Crippen molar-refractivity contribution in [3.8, 4) is 5.75 Å². The first-order chi connectivity index (χ1) is 13.8. The normalized spacial score (nSPS) is 13.9. The molecule has 0 saturated carbocycles. The van der Waals surface area contributed by atoms with Crippen LogP contribution >= 0.6 is 23.2 Å². The van der Waals surface area contributed by atoms with Crippen LogP contribution in [0.3, 0.4) is 0 Å². The number of benzene rings is 2. The molecule has 0 aromatic heterocycles. The zero-order valence-corrected chi connectivity index (χ0v) is 16.9. The van der Waals surface area contributed by atoms with Crippen molar-refractivity contribution in [2.75, 3.05) is 32.8 Å². The van der Waals surface area contributed by atoms with Crippen LogP contribution in [0, 0.1) is 0 Å². The minimum absolute atomic E-state index is 0.167. The summed E-state index contributed by atoms with van der Waals surface area (Å²) in [6.07, 6.45) is 0. The van der Waals surface area contributed by atoms with E-state index in [1.165, 1.54) is 6.07 Å². The molecule has 9 heteroatoms. The average molecular weight is 436 g/mol. The maximum Gasteiger partial charge on any atom is 0.260 e. The maximum absolute atomic E-state index is 12.6. The zero-order chi connectivity index (χ0) is 21.0. The minimum atomic E-state index is -0.566. The van der Waals surface area contributed by atoms with Gasteiger partial charge in [0.25, 0.3) is 11.8 Å². The summed E-state index contributed by atoms with van der Waals surface area (Å²) in [4.78, 5) is 39.5. The number of ether oxygens (including phenoxy) is 1. The van der Waals surface area contributed by atoms with Gasteiger partial charge >= 0.3 is 0 Å². The lowest BCUT2D eigenvalue weighted by molar-refractivity contribution is -0.134. The summed E-state index contributed by atoms with van der Waals surface area (Å²) in [7, 11) is 0. The molecule has 0 radical (unpaired) electrons. The van der Waals surface area contributed by atoms with E-state index in [9.17, 15) is 14.4 Å². The van der Waals surface area contributed by atoms with Crippen LogP contribution in [0.25, 0.3) is 0 Å². The van der Waals surface area contributed by atoms with E-state index in [0.29, 0.717) is 53.1 Å². The molecule has 3 rings (SSSR count). The van der Waals surface area contributed by atoms with Gasteiger partial charge in [0.1, 0.15) is 5.75 Å². The topological polar surface area (TPSA) is 92.9 Å². The molecule has 0 atom stereocenters. The summed E-state index contributed by atoms with van der Waals surface area (Å²) in [5.74, 6) is -0.557. The fourth-order valence-corrected chi connectivity index (χ4v) is 3.52. The van der Waals surface area contributed by atoms with Crippen molar-refractivity contribution in [1.29, 1.82) is 0 Å². The SMILES string of the molecule is NC(=O)c1cccc(OCC(=O)N2CCN(C(=O)c3cc(Cl)cc(Cl)c3)CC2)c1. The van der Waals surface area contributed by atoms with Crippen molar-refractivity contribution in [2.45, 2.75) is 0 Å². The van der Waals surface area contributed by atoms with E-state index in [1.54, 1.807) is 46.2 Å². The van der Waals surface area contributed by atoms with E-state index in [-0.39, 0.29) is 18.4 Å². The van der Waals surface area contributed by atoms with Gasteiger partial charge in [-0.15, -0.1) is 0 Å². The number of hydrogen-bond donors (Lipinski definition) is 1. The Morgan fingerprint density at radius 1 is 0.897 bits per heavy atom. The van der Waals surface area contributed by atoms with Crippen molar-refractivity contribution in [2.24, 2.45) is 5.73 Å².